The third-order valence-corrected chi connectivity index (χ3v) is 9.73. The molecule has 0 atom stereocenters. The monoisotopic (exact) mass is 589 g/mol. The molecule has 0 spiro atoms. The van der Waals surface area contributed by atoms with Crippen LogP contribution >= 0.6 is 0 Å². The van der Waals surface area contributed by atoms with Gasteiger partial charge >= 0.3 is 7.12 Å². The highest BCUT2D eigenvalue weighted by Crippen LogP contribution is 2.41. The summed E-state index contributed by atoms with van der Waals surface area (Å²) in [4.78, 5) is 16.4. The Morgan fingerprint density at radius 3 is 1.91 bits per heavy atom. The molecule has 0 radical (unpaired) electrons. The van der Waals surface area contributed by atoms with Gasteiger partial charge < -0.3 is 9.31 Å². The molecule has 1 saturated heterocycles. The Labute approximate surface area is 264 Å². The van der Waals surface area contributed by atoms with Gasteiger partial charge in [0.2, 0.25) is 0 Å². The molecule has 1 fully saturated rings. The minimum atomic E-state index is -0.616. The highest BCUT2D eigenvalue weighted by atomic mass is 16.7. The average Bonchev–Trinajstić information content (AvgIpc) is 3.30. The van der Waals surface area contributed by atoms with E-state index < -0.39 is 18.3 Å². The zero-order valence-electron chi connectivity index (χ0n) is 26.3. The van der Waals surface area contributed by atoms with Crippen molar-refractivity contribution >= 4 is 56.4 Å². The van der Waals surface area contributed by atoms with Gasteiger partial charge in [0.25, 0.3) is 0 Å². The fourth-order valence-electron chi connectivity index (χ4n) is 6.60. The van der Waals surface area contributed by atoms with E-state index in [9.17, 15) is 0 Å². The number of fused-ring (bicyclic) bond motifs is 5. The molecule has 2 aliphatic carbocycles. The molecule has 0 N–H and O–H groups in total. The Balaban J connectivity index is 1.54. The van der Waals surface area contributed by atoms with E-state index in [4.69, 9.17) is 24.3 Å². The zero-order valence-corrected chi connectivity index (χ0v) is 26.3. The first-order valence-electron chi connectivity index (χ1n) is 16.0. The van der Waals surface area contributed by atoms with Gasteiger partial charge in [0.15, 0.2) is 0 Å². The molecule has 1 aliphatic heterocycles. The molecule has 2 aromatic heterocycles. The number of rotatable bonds is 4. The van der Waals surface area contributed by atoms with Crippen LogP contribution in [-0.4, -0.2) is 33.3 Å². The molecule has 6 heteroatoms. The summed E-state index contributed by atoms with van der Waals surface area (Å²) >= 11 is 0. The third-order valence-electron chi connectivity index (χ3n) is 9.73. The fraction of sp³-hybridized carbons (Fsp3) is 0.256. The number of benzene rings is 3. The highest BCUT2D eigenvalue weighted by Gasteiger charge is 2.52. The molecule has 0 saturated carbocycles. The smallest absolute Gasteiger partial charge is 0.399 e. The maximum atomic E-state index is 6.71. The summed E-state index contributed by atoms with van der Waals surface area (Å²) in [7, 11) is -0.616. The molecule has 3 aromatic carbocycles. The van der Waals surface area contributed by atoms with Crippen molar-refractivity contribution in [2.45, 2.75) is 64.6 Å². The Kier molecular flexibility index (Phi) is 6.63. The topological polar surface area (TPSA) is 57.1 Å². The molecule has 0 bridgehead atoms. The van der Waals surface area contributed by atoms with Crippen LogP contribution in [0.25, 0.3) is 55.1 Å². The van der Waals surface area contributed by atoms with Crippen molar-refractivity contribution < 1.29 is 9.31 Å². The van der Waals surface area contributed by atoms with E-state index in [0.29, 0.717) is 0 Å². The van der Waals surface area contributed by atoms with Gasteiger partial charge in [-0.05, 0) is 70.6 Å². The number of para-hydroxylation sites is 1. The second-order valence-corrected chi connectivity index (χ2v) is 13.2. The largest absolute Gasteiger partial charge is 0.497 e. The molecular formula is C39H36BN3O2. The summed E-state index contributed by atoms with van der Waals surface area (Å²) in [5, 5.41) is 3.15. The van der Waals surface area contributed by atoms with Crippen LogP contribution in [-0.2, 0) is 9.31 Å². The number of allylic oxidation sites excluding steroid dienone is 8. The van der Waals surface area contributed by atoms with Gasteiger partial charge in [-0.15, -0.1) is 0 Å². The van der Waals surface area contributed by atoms with Crippen LogP contribution in [0, 0.1) is 0 Å². The summed E-state index contributed by atoms with van der Waals surface area (Å²) in [5.41, 5.74) is 8.37. The molecule has 8 rings (SSSR count). The summed E-state index contributed by atoms with van der Waals surface area (Å²) in [5.74, 6) is 0. The first-order valence-corrected chi connectivity index (χ1v) is 16.0. The minimum absolute atomic E-state index is 0.509. The van der Waals surface area contributed by atoms with E-state index in [1.807, 2.05) is 6.07 Å². The van der Waals surface area contributed by atoms with Crippen molar-refractivity contribution in [2.24, 2.45) is 0 Å². The van der Waals surface area contributed by atoms with Crippen molar-refractivity contribution in [3.63, 3.8) is 0 Å². The first kappa shape index (κ1) is 28.1. The van der Waals surface area contributed by atoms with E-state index in [-0.39, 0.29) is 0 Å². The number of aromatic nitrogens is 3. The van der Waals surface area contributed by atoms with Crippen LogP contribution in [0.1, 0.15) is 64.8 Å². The summed E-state index contributed by atoms with van der Waals surface area (Å²) in [6.07, 6.45) is 17.5. The van der Waals surface area contributed by atoms with Crippen LogP contribution < -0.4 is 5.46 Å². The van der Waals surface area contributed by atoms with Crippen molar-refractivity contribution in [3.05, 3.63) is 109 Å². The molecular weight excluding hydrogens is 553 g/mol. The summed E-state index contributed by atoms with van der Waals surface area (Å²) in [6.45, 7) is 8.37. The fourth-order valence-corrected chi connectivity index (χ4v) is 6.60. The van der Waals surface area contributed by atoms with Gasteiger partial charge in [0.1, 0.15) is 0 Å². The SMILES string of the molecule is CC1(C)OB(c2cc3c(C4=CCCC=C4)nc4ccccc4c3c3nc(C4=CCCC=C4)c(-c4ccccc4)nc23)OC1(C)C. The predicted octanol–water partition coefficient (Wildman–Crippen LogP) is 8.76. The van der Waals surface area contributed by atoms with Gasteiger partial charge in [0, 0.05) is 27.2 Å². The Morgan fingerprint density at radius 1 is 0.622 bits per heavy atom. The summed E-state index contributed by atoms with van der Waals surface area (Å²) in [6, 6.07) is 21.0. The van der Waals surface area contributed by atoms with Gasteiger partial charge in [-0.3, -0.25) is 0 Å². The van der Waals surface area contributed by atoms with Crippen LogP contribution in [0.2, 0.25) is 0 Å². The molecule has 0 unspecified atom stereocenters. The second-order valence-electron chi connectivity index (χ2n) is 13.2. The summed E-state index contributed by atoms with van der Waals surface area (Å²) < 4.78 is 13.4. The van der Waals surface area contributed by atoms with Gasteiger partial charge in [0.05, 0.1) is 44.8 Å². The molecule has 222 valence electrons. The molecule has 3 aliphatic rings. The zero-order chi connectivity index (χ0) is 30.8. The van der Waals surface area contributed by atoms with Crippen molar-refractivity contribution in [2.75, 3.05) is 0 Å². The van der Waals surface area contributed by atoms with Crippen molar-refractivity contribution in [1.29, 1.82) is 0 Å². The minimum Gasteiger partial charge on any atom is -0.399 e. The molecule has 0 amide bonds. The van der Waals surface area contributed by atoms with E-state index in [1.165, 1.54) is 0 Å². The van der Waals surface area contributed by atoms with Gasteiger partial charge in [-0.25, -0.2) is 15.0 Å². The van der Waals surface area contributed by atoms with Crippen LogP contribution in [0.5, 0.6) is 0 Å². The Morgan fingerprint density at radius 2 is 1.24 bits per heavy atom. The average molecular weight is 590 g/mol. The number of hydrogen-bond donors (Lipinski definition) is 0. The van der Waals surface area contributed by atoms with E-state index >= 15 is 0 Å². The number of nitrogens with zero attached hydrogens (tertiary/aromatic N) is 3. The number of pyridine rings is 1. The first-order chi connectivity index (χ1) is 21.8. The van der Waals surface area contributed by atoms with E-state index in [0.717, 1.165) is 97.6 Å². The standard InChI is InChI=1S/C39H36BN3O2/c1-38(2)39(3,4)45-40(44-38)30-24-29-32(28-22-14-15-23-31(28)41-33(29)25-16-8-5-9-17-25)37-36(30)42-34(26-18-10-6-11-19-26)35(43-37)27-20-12-7-13-21-27/h6,8,10-12,14-24H,5,7,9,13H2,1-4H3. The van der Waals surface area contributed by atoms with E-state index in [2.05, 4.69) is 119 Å². The van der Waals surface area contributed by atoms with Crippen LogP contribution in [0.15, 0.2) is 97.1 Å². The quantitative estimate of drug-likeness (QED) is 0.155. The van der Waals surface area contributed by atoms with E-state index in [1.54, 1.807) is 0 Å². The normalized spacial score (nSPS) is 19.0. The molecule has 45 heavy (non-hydrogen) atoms. The lowest BCUT2D eigenvalue weighted by atomic mass is 9.76. The lowest BCUT2D eigenvalue weighted by Gasteiger charge is -2.32. The Hall–Kier alpha value is -4.39. The van der Waals surface area contributed by atoms with Gasteiger partial charge in [-0.2, -0.15) is 0 Å². The predicted molar refractivity (Wildman–Crippen MR) is 186 cm³/mol. The van der Waals surface area contributed by atoms with Crippen molar-refractivity contribution in [3.8, 4) is 11.3 Å². The van der Waals surface area contributed by atoms with Crippen LogP contribution in [0.3, 0.4) is 0 Å². The Bertz CT molecular complexity index is 2110. The lowest BCUT2D eigenvalue weighted by molar-refractivity contribution is 0.00578. The maximum Gasteiger partial charge on any atom is 0.497 e. The molecule has 3 heterocycles. The molecule has 5 aromatic rings. The highest BCUT2D eigenvalue weighted by molar-refractivity contribution is 6.65. The maximum absolute atomic E-state index is 6.71. The number of hydrogen-bond acceptors (Lipinski definition) is 5. The van der Waals surface area contributed by atoms with Gasteiger partial charge in [-0.1, -0.05) is 91.1 Å². The lowest BCUT2D eigenvalue weighted by Crippen LogP contribution is -2.41. The third kappa shape index (κ3) is 4.66. The van der Waals surface area contributed by atoms with Crippen molar-refractivity contribution in [1.82, 2.24) is 15.0 Å². The molecule has 5 nitrogen and oxygen atoms in total. The van der Waals surface area contributed by atoms with Crippen LogP contribution in [0.4, 0.5) is 0 Å². The second kappa shape index (κ2) is 10.6.